The molecule has 18 heavy (non-hydrogen) atoms. The third-order valence-electron chi connectivity index (χ3n) is 5.11. The molecule has 0 heterocycles. The summed E-state index contributed by atoms with van der Waals surface area (Å²) in [6.07, 6.45) is 0.414. The highest BCUT2D eigenvalue weighted by atomic mass is 19.4. The van der Waals surface area contributed by atoms with E-state index < -0.39 is 12.1 Å². The number of rotatable bonds is 2. The van der Waals surface area contributed by atoms with Gasteiger partial charge in [0.2, 0.25) is 0 Å². The van der Waals surface area contributed by atoms with Crippen LogP contribution in [0, 0.1) is 17.8 Å². The normalized spacial score (nSPS) is 42.2. The zero-order valence-electron chi connectivity index (χ0n) is 11.3. The summed E-state index contributed by atoms with van der Waals surface area (Å²) in [4.78, 5) is 0. The van der Waals surface area contributed by atoms with Gasteiger partial charge < -0.3 is 5.32 Å². The van der Waals surface area contributed by atoms with E-state index >= 15 is 0 Å². The van der Waals surface area contributed by atoms with Crippen molar-refractivity contribution in [3.63, 3.8) is 0 Å². The first-order valence-electron chi connectivity index (χ1n) is 7.20. The lowest BCUT2D eigenvalue weighted by molar-refractivity contribution is -0.182. The molecular weight excluding hydrogens is 239 g/mol. The molecular formula is C14H24F3N. The monoisotopic (exact) mass is 263 g/mol. The van der Waals surface area contributed by atoms with Gasteiger partial charge in [-0.25, -0.2) is 0 Å². The highest BCUT2D eigenvalue weighted by Crippen LogP contribution is 2.38. The van der Waals surface area contributed by atoms with Crippen molar-refractivity contribution in [1.82, 2.24) is 5.32 Å². The molecule has 3 unspecified atom stereocenters. The Bertz CT molecular complexity index is 269. The van der Waals surface area contributed by atoms with Gasteiger partial charge in [-0.3, -0.25) is 0 Å². The van der Waals surface area contributed by atoms with Crippen LogP contribution in [0.25, 0.3) is 0 Å². The second kappa shape index (κ2) is 5.40. The lowest BCUT2D eigenvalue weighted by atomic mass is 9.85. The molecule has 0 aromatic rings. The van der Waals surface area contributed by atoms with Crippen molar-refractivity contribution in [2.75, 3.05) is 0 Å². The van der Waals surface area contributed by atoms with E-state index in [1.165, 1.54) is 12.8 Å². The van der Waals surface area contributed by atoms with Gasteiger partial charge in [0.05, 0.1) is 5.92 Å². The summed E-state index contributed by atoms with van der Waals surface area (Å²) in [6.45, 7) is 4.53. The first-order chi connectivity index (χ1) is 8.38. The van der Waals surface area contributed by atoms with E-state index in [1.807, 2.05) is 0 Å². The summed E-state index contributed by atoms with van der Waals surface area (Å²) in [5.74, 6) is 0.342. The van der Waals surface area contributed by atoms with Crippen LogP contribution in [0.2, 0.25) is 0 Å². The maximum Gasteiger partial charge on any atom is 0.391 e. The van der Waals surface area contributed by atoms with Gasteiger partial charge in [-0.15, -0.1) is 0 Å². The Hall–Kier alpha value is -0.250. The van der Waals surface area contributed by atoms with Crippen LogP contribution in [0.4, 0.5) is 13.2 Å². The molecule has 0 aliphatic heterocycles. The second-order valence-corrected chi connectivity index (χ2v) is 6.28. The molecule has 2 rings (SSSR count). The number of hydrogen-bond donors (Lipinski definition) is 1. The van der Waals surface area contributed by atoms with Crippen LogP contribution in [0.15, 0.2) is 0 Å². The fraction of sp³-hybridized carbons (Fsp3) is 1.00. The molecule has 2 aliphatic carbocycles. The standard InChI is InChI=1S/C14H24F3N/c1-9-3-8-13(10(9)2)18-12-6-4-11(5-7-12)14(15,16)17/h9-13,18H,3-8H2,1-2H3. The van der Waals surface area contributed by atoms with Crippen LogP contribution in [0.1, 0.15) is 52.4 Å². The molecule has 3 atom stereocenters. The van der Waals surface area contributed by atoms with Crippen LogP contribution >= 0.6 is 0 Å². The third-order valence-corrected chi connectivity index (χ3v) is 5.11. The molecule has 106 valence electrons. The molecule has 1 nitrogen and oxygen atoms in total. The largest absolute Gasteiger partial charge is 0.391 e. The minimum absolute atomic E-state index is 0.303. The Morgan fingerprint density at radius 1 is 0.889 bits per heavy atom. The van der Waals surface area contributed by atoms with Gasteiger partial charge in [-0.2, -0.15) is 13.2 Å². The number of hydrogen-bond acceptors (Lipinski definition) is 1. The Morgan fingerprint density at radius 3 is 1.94 bits per heavy atom. The quantitative estimate of drug-likeness (QED) is 0.789. The maximum absolute atomic E-state index is 12.6. The topological polar surface area (TPSA) is 12.0 Å². The molecule has 0 aromatic carbocycles. The van der Waals surface area contributed by atoms with E-state index in [9.17, 15) is 13.2 Å². The fourth-order valence-electron chi connectivity index (χ4n) is 3.49. The molecule has 0 radical (unpaired) electrons. The Balaban J connectivity index is 1.77. The molecule has 0 spiro atoms. The lowest BCUT2D eigenvalue weighted by Gasteiger charge is -2.33. The summed E-state index contributed by atoms with van der Waals surface area (Å²) in [5, 5.41) is 3.60. The molecule has 1 N–H and O–H groups in total. The van der Waals surface area contributed by atoms with Crippen molar-refractivity contribution >= 4 is 0 Å². The van der Waals surface area contributed by atoms with E-state index in [2.05, 4.69) is 19.2 Å². The molecule has 0 amide bonds. The van der Waals surface area contributed by atoms with Crippen LogP contribution in [0.3, 0.4) is 0 Å². The van der Waals surface area contributed by atoms with Crippen molar-refractivity contribution in [3.8, 4) is 0 Å². The van der Waals surface area contributed by atoms with Gasteiger partial charge in [-0.05, 0) is 50.4 Å². The minimum Gasteiger partial charge on any atom is -0.311 e. The first-order valence-corrected chi connectivity index (χ1v) is 7.20. The second-order valence-electron chi connectivity index (χ2n) is 6.28. The third kappa shape index (κ3) is 3.19. The Kier molecular flexibility index (Phi) is 4.25. The molecule has 4 heteroatoms. The maximum atomic E-state index is 12.6. The van der Waals surface area contributed by atoms with Crippen LogP contribution in [-0.2, 0) is 0 Å². The molecule has 0 bridgehead atoms. The zero-order chi connectivity index (χ0) is 13.3. The van der Waals surface area contributed by atoms with Crippen molar-refractivity contribution in [1.29, 1.82) is 0 Å². The van der Waals surface area contributed by atoms with Crippen LogP contribution in [-0.4, -0.2) is 18.3 Å². The Labute approximate surface area is 108 Å². The molecule has 2 saturated carbocycles. The van der Waals surface area contributed by atoms with Crippen molar-refractivity contribution < 1.29 is 13.2 Å². The highest BCUT2D eigenvalue weighted by Gasteiger charge is 2.42. The van der Waals surface area contributed by atoms with Gasteiger partial charge in [0.25, 0.3) is 0 Å². The minimum atomic E-state index is -3.99. The van der Waals surface area contributed by atoms with Gasteiger partial charge in [-0.1, -0.05) is 13.8 Å². The van der Waals surface area contributed by atoms with Crippen molar-refractivity contribution in [2.45, 2.75) is 70.6 Å². The van der Waals surface area contributed by atoms with E-state index in [0.29, 0.717) is 43.7 Å². The van der Waals surface area contributed by atoms with Crippen LogP contribution in [0.5, 0.6) is 0 Å². The average Bonchev–Trinajstić information content (AvgIpc) is 2.61. The molecule has 2 fully saturated rings. The van der Waals surface area contributed by atoms with E-state index in [-0.39, 0.29) is 0 Å². The summed E-state index contributed by atoms with van der Waals surface area (Å²) < 4.78 is 37.7. The van der Waals surface area contributed by atoms with Gasteiger partial charge >= 0.3 is 6.18 Å². The lowest BCUT2D eigenvalue weighted by Crippen LogP contribution is -2.43. The van der Waals surface area contributed by atoms with E-state index in [1.54, 1.807) is 0 Å². The Morgan fingerprint density at radius 2 is 1.50 bits per heavy atom. The smallest absolute Gasteiger partial charge is 0.311 e. The van der Waals surface area contributed by atoms with E-state index in [4.69, 9.17) is 0 Å². The number of halogens is 3. The van der Waals surface area contributed by atoms with Gasteiger partial charge in [0.15, 0.2) is 0 Å². The number of alkyl halides is 3. The predicted molar refractivity (Wildman–Crippen MR) is 66.3 cm³/mol. The fourth-order valence-corrected chi connectivity index (χ4v) is 3.49. The summed E-state index contributed by atoms with van der Waals surface area (Å²) >= 11 is 0. The molecule has 2 aliphatic rings. The summed E-state index contributed by atoms with van der Waals surface area (Å²) in [6, 6.07) is 0.828. The first kappa shape index (κ1) is 14.2. The van der Waals surface area contributed by atoms with Gasteiger partial charge in [0.1, 0.15) is 0 Å². The predicted octanol–water partition coefficient (Wildman–Crippen LogP) is 4.13. The zero-order valence-corrected chi connectivity index (χ0v) is 11.3. The molecule has 0 saturated heterocycles. The average molecular weight is 263 g/mol. The van der Waals surface area contributed by atoms with Gasteiger partial charge in [0, 0.05) is 12.1 Å². The summed E-state index contributed by atoms with van der Waals surface area (Å²) in [7, 11) is 0. The molecule has 0 aromatic heterocycles. The SMILES string of the molecule is CC1CCC(NC2CCC(C(F)(F)F)CC2)C1C. The van der Waals surface area contributed by atoms with Crippen molar-refractivity contribution in [2.24, 2.45) is 17.8 Å². The summed E-state index contributed by atoms with van der Waals surface area (Å²) in [5.41, 5.74) is 0. The van der Waals surface area contributed by atoms with Crippen LogP contribution < -0.4 is 5.32 Å². The van der Waals surface area contributed by atoms with Crippen molar-refractivity contribution in [3.05, 3.63) is 0 Å². The number of nitrogens with one attached hydrogen (secondary N) is 1. The van der Waals surface area contributed by atoms with E-state index in [0.717, 1.165) is 5.92 Å². The highest BCUT2D eigenvalue weighted by molar-refractivity contribution is 4.89.